The number of imidazole rings is 1. The molecule has 1 heterocycles. The van der Waals surface area contributed by atoms with Gasteiger partial charge in [0.15, 0.2) is 0 Å². The van der Waals surface area contributed by atoms with Gasteiger partial charge in [-0.05, 0) is 19.8 Å². The SMILES string of the molecule is CC(CNC1CC1)S(=O)(=O)NCCc1nccn1C. The van der Waals surface area contributed by atoms with E-state index in [1.165, 1.54) is 12.8 Å². The fourth-order valence-electron chi connectivity index (χ4n) is 1.81. The Bertz CT molecular complexity index is 508. The molecule has 0 amide bonds. The van der Waals surface area contributed by atoms with Crippen molar-refractivity contribution in [3.05, 3.63) is 18.2 Å². The molecule has 2 rings (SSSR count). The molecule has 2 N–H and O–H groups in total. The van der Waals surface area contributed by atoms with Gasteiger partial charge in [0.2, 0.25) is 10.0 Å². The van der Waals surface area contributed by atoms with Crippen LogP contribution in [-0.2, 0) is 23.5 Å². The van der Waals surface area contributed by atoms with Gasteiger partial charge in [0.1, 0.15) is 5.82 Å². The third-order valence-corrected chi connectivity index (χ3v) is 5.21. The predicted molar refractivity (Wildman–Crippen MR) is 74.3 cm³/mol. The first-order chi connectivity index (χ1) is 8.99. The van der Waals surface area contributed by atoms with Gasteiger partial charge in [0.25, 0.3) is 0 Å². The molecule has 1 aliphatic carbocycles. The van der Waals surface area contributed by atoms with E-state index in [1.54, 1.807) is 13.1 Å². The Labute approximate surface area is 114 Å². The van der Waals surface area contributed by atoms with Gasteiger partial charge in [-0.15, -0.1) is 0 Å². The van der Waals surface area contributed by atoms with Gasteiger partial charge in [-0.25, -0.2) is 18.1 Å². The standard InChI is InChI=1S/C12H22N4O2S/c1-10(9-14-11-3-4-11)19(17,18)15-6-5-12-13-7-8-16(12)2/h7-8,10-11,14-15H,3-6,9H2,1-2H3. The third kappa shape index (κ3) is 4.29. The molecule has 0 saturated heterocycles. The number of sulfonamides is 1. The van der Waals surface area contributed by atoms with E-state index in [1.807, 2.05) is 17.8 Å². The van der Waals surface area contributed by atoms with Gasteiger partial charge >= 0.3 is 0 Å². The van der Waals surface area contributed by atoms with Crippen LogP contribution in [-0.4, -0.2) is 42.4 Å². The van der Waals surface area contributed by atoms with Crippen molar-refractivity contribution in [1.29, 1.82) is 0 Å². The van der Waals surface area contributed by atoms with E-state index < -0.39 is 15.3 Å². The first-order valence-corrected chi connectivity index (χ1v) is 8.22. The Morgan fingerprint density at radius 3 is 2.84 bits per heavy atom. The number of rotatable bonds is 8. The van der Waals surface area contributed by atoms with Crippen LogP contribution in [0, 0.1) is 0 Å². The van der Waals surface area contributed by atoms with Crippen molar-refractivity contribution in [3.63, 3.8) is 0 Å². The zero-order chi connectivity index (χ0) is 13.9. The largest absolute Gasteiger partial charge is 0.338 e. The molecule has 1 aromatic rings. The first-order valence-electron chi connectivity index (χ1n) is 6.67. The molecule has 1 saturated carbocycles. The van der Waals surface area contributed by atoms with E-state index in [-0.39, 0.29) is 0 Å². The van der Waals surface area contributed by atoms with Crippen LogP contribution in [0.4, 0.5) is 0 Å². The Kier molecular flexibility index (Phi) is 4.59. The van der Waals surface area contributed by atoms with Gasteiger partial charge in [0.05, 0.1) is 5.25 Å². The Morgan fingerprint density at radius 1 is 1.53 bits per heavy atom. The highest BCUT2D eigenvalue weighted by atomic mass is 32.2. The lowest BCUT2D eigenvalue weighted by Gasteiger charge is -2.14. The van der Waals surface area contributed by atoms with Crippen LogP contribution < -0.4 is 10.0 Å². The Morgan fingerprint density at radius 2 is 2.26 bits per heavy atom. The average Bonchev–Trinajstić information content (AvgIpc) is 3.10. The summed E-state index contributed by atoms with van der Waals surface area (Å²) < 4.78 is 28.5. The van der Waals surface area contributed by atoms with E-state index in [0.29, 0.717) is 25.6 Å². The molecule has 1 aliphatic rings. The highest BCUT2D eigenvalue weighted by molar-refractivity contribution is 7.90. The zero-order valence-electron chi connectivity index (χ0n) is 11.5. The number of aromatic nitrogens is 2. The fourth-order valence-corrected chi connectivity index (χ4v) is 2.80. The molecule has 1 aromatic heterocycles. The van der Waals surface area contributed by atoms with Crippen LogP contribution in [0.15, 0.2) is 12.4 Å². The summed E-state index contributed by atoms with van der Waals surface area (Å²) in [5, 5.41) is 2.83. The lowest BCUT2D eigenvalue weighted by molar-refractivity contribution is 0.556. The van der Waals surface area contributed by atoms with Crippen molar-refractivity contribution in [1.82, 2.24) is 19.6 Å². The van der Waals surface area contributed by atoms with E-state index in [4.69, 9.17) is 0 Å². The van der Waals surface area contributed by atoms with Crippen LogP contribution in [0.1, 0.15) is 25.6 Å². The number of aryl methyl sites for hydroxylation is 1. The van der Waals surface area contributed by atoms with E-state index in [9.17, 15) is 8.42 Å². The molecular weight excluding hydrogens is 264 g/mol. The molecule has 0 aromatic carbocycles. The highest BCUT2D eigenvalue weighted by Crippen LogP contribution is 2.18. The van der Waals surface area contributed by atoms with Crippen LogP contribution in [0.2, 0.25) is 0 Å². The molecule has 1 unspecified atom stereocenters. The molecule has 0 aliphatic heterocycles. The van der Waals surface area contributed by atoms with Crippen molar-refractivity contribution in [2.75, 3.05) is 13.1 Å². The summed E-state index contributed by atoms with van der Waals surface area (Å²) in [6.07, 6.45) is 6.50. The van der Waals surface area contributed by atoms with Gasteiger partial charge < -0.3 is 9.88 Å². The molecule has 19 heavy (non-hydrogen) atoms. The normalized spacial score (nSPS) is 17.6. The summed E-state index contributed by atoms with van der Waals surface area (Å²) in [6.45, 7) is 2.64. The summed E-state index contributed by atoms with van der Waals surface area (Å²) >= 11 is 0. The highest BCUT2D eigenvalue weighted by Gasteiger charge is 2.25. The maximum Gasteiger partial charge on any atom is 0.215 e. The smallest absolute Gasteiger partial charge is 0.215 e. The van der Waals surface area contributed by atoms with Gasteiger partial charge in [0, 0.05) is 45.0 Å². The molecule has 6 nitrogen and oxygen atoms in total. The second kappa shape index (κ2) is 6.02. The van der Waals surface area contributed by atoms with Crippen molar-refractivity contribution >= 4 is 10.0 Å². The summed E-state index contributed by atoms with van der Waals surface area (Å²) in [7, 11) is -1.34. The lowest BCUT2D eigenvalue weighted by atomic mass is 10.4. The maximum atomic E-state index is 12.0. The van der Waals surface area contributed by atoms with Crippen LogP contribution >= 0.6 is 0 Å². The van der Waals surface area contributed by atoms with Gasteiger partial charge in [-0.2, -0.15) is 0 Å². The molecule has 0 bridgehead atoms. The van der Waals surface area contributed by atoms with E-state index >= 15 is 0 Å². The van der Waals surface area contributed by atoms with Gasteiger partial charge in [-0.3, -0.25) is 0 Å². The van der Waals surface area contributed by atoms with E-state index in [2.05, 4.69) is 15.0 Å². The fraction of sp³-hybridized carbons (Fsp3) is 0.750. The molecule has 0 radical (unpaired) electrons. The lowest BCUT2D eigenvalue weighted by Crippen LogP contribution is -2.40. The summed E-state index contributed by atoms with van der Waals surface area (Å²) in [4.78, 5) is 4.16. The molecule has 1 fully saturated rings. The number of hydrogen-bond donors (Lipinski definition) is 2. The van der Waals surface area contributed by atoms with E-state index in [0.717, 1.165) is 5.82 Å². The van der Waals surface area contributed by atoms with Crippen LogP contribution in [0.25, 0.3) is 0 Å². The second-order valence-electron chi connectivity index (χ2n) is 5.14. The zero-order valence-corrected chi connectivity index (χ0v) is 12.3. The maximum absolute atomic E-state index is 12.0. The third-order valence-electron chi connectivity index (χ3n) is 3.37. The average molecular weight is 286 g/mol. The van der Waals surface area contributed by atoms with Crippen LogP contribution in [0.5, 0.6) is 0 Å². The topological polar surface area (TPSA) is 76.0 Å². The van der Waals surface area contributed by atoms with Crippen molar-refractivity contribution in [2.24, 2.45) is 7.05 Å². The molecule has 0 spiro atoms. The minimum absolute atomic E-state index is 0.390. The minimum atomic E-state index is -3.24. The summed E-state index contributed by atoms with van der Waals surface area (Å²) in [5.74, 6) is 0.881. The number of hydrogen-bond acceptors (Lipinski definition) is 4. The summed E-state index contributed by atoms with van der Waals surface area (Å²) in [6, 6.07) is 0.533. The first kappa shape index (κ1) is 14.5. The van der Waals surface area contributed by atoms with Crippen molar-refractivity contribution < 1.29 is 8.42 Å². The number of nitrogens with zero attached hydrogens (tertiary/aromatic N) is 2. The van der Waals surface area contributed by atoms with Crippen molar-refractivity contribution in [2.45, 2.75) is 37.5 Å². The summed E-state index contributed by atoms with van der Waals surface area (Å²) in [5.41, 5.74) is 0. The molecule has 108 valence electrons. The van der Waals surface area contributed by atoms with Crippen LogP contribution in [0.3, 0.4) is 0 Å². The minimum Gasteiger partial charge on any atom is -0.338 e. The quantitative estimate of drug-likeness (QED) is 0.706. The molecule has 1 atom stereocenters. The number of nitrogens with one attached hydrogen (secondary N) is 2. The van der Waals surface area contributed by atoms with Crippen molar-refractivity contribution in [3.8, 4) is 0 Å². The monoisotopic (exact) mass is 286 g/mol. The Balaban J connectivity index is 1.74. The van der Waals surface area contributed by atoms with Gasteiger partial charge in [-0.1, -0.05) is 0 Å². The second-order valence-corrected chi connectivity index (χ2v) is 7.32. The Hall–Kier alpha value is -0.920. The molecular formula is C12H22N4O2S. The predicted octanol–water partition coefficient (Wildman–Crippen LogP) is 0.0225. The molecule has 7 heteroatoms.